The van der Waals surface area contributed by atoms with E-state index in [1.807, 2.05) is 6.92 Å². The zero-order valence-electron chi connectivity index (χ0n) is 10.00. The van der Waals surface area contributed by atoms with Gasteiger partial charge in [0.25, 0.3) is 0 Å². The lowest BCUT2D eigenvalue weighted by atomic mass is 10.0. The number of piperidine rings is 1. The molecule has 1 rings (SSSR count). The van der Waals surface area contributed by atoms with E-state index in [1.54, 1.807) is 0 Å². The topological polar surface area (TPSA) is 39.1 Å². The molecular formula is C12H23N3. The quantitative estimate of drug-likeness (QED) is 0.750. The Morgan fingerprint density at radius 3 is 2.87 bits per heavy atom. The van der Waals surface area contributed by atoms with Crippen LogP contribution in [0.5, 0.6) is 0 Å². The summed E-state index contributed by atoms with van der Waals surface area (Å²) in [6.07, 6.45) is 5.02. The Hall–Kier alpha value is -0.590. The van der Waals surface area contributed by atoms with Gasteiger partial charge in [0.2, 0.25) is 0 Å². The largest absolute Gasteiger partial charge is 0.313 e. The number of hydrogen-bond donors (Lipinski definition) is 1. The molecule has 2 atom stereocenters. The molecule has 1 fully saturated rings. The van der Waals surface area contributed by atoms with Crippen LogP contribution in [0.1, 0.15) is 39.5 Å². The molecule has 0 aliphatic carbocycles. The molecule has 86 valence electrons. The molecular weight excluding hydrogens is 186 g/mol. The van der Waals surface area contributed by atoms with Crippen molar-refractivity contribution in [3.8, 4) is 6.07 Å². The number of nitrogens with one attached hydrogen (secondary N) is 1. The maximum absolute atomic E-state index is 8.95. The first-order valence-corrected chi connectivity index (χ1v) is 6.15. The SMILES string of the molecule is CCCN(CC1CCCCN1)C(C)C#N. The first-order valence-electron chi connectivity index (χ1n) is 6.15. The maximum atomic E-state index is 8.95. The van der Waals surface area contributed by atoms with Crippen LogP contribution in [0.15, 0.2) is 0 Å². The van der Waals surface area contributed by atoms with Crippen LogP contribution in [0.4, 0.5) is 0 Å². The van der Waals surface area contributed by atoms with E-state index >= 15 is 0 Å². The Morgan fingerprint density at radius 1 is 1.53 bits per heavy atom. The van der Waals surface area contributed by atoms with Gasteiger partial charge in [0.1, 0.15) is 0 Å². The zero-order chi connectivity index (χ0) is 11.1. The fourth-order valence-electron chi connectivity index (χ4n) is 2.17. The molecule has 0 aromatic carbocycles. The summed E-state index contributed by atoms with van der Waals surface area (Å²) in [5.74, 6) is 0. The molecule has 1 N–H and O–H groups in total. The van der Waals surface area contributed by atoms with E-state index in [0.29, 0.717) is 6.04 Å². The van der Waals surface area contributed by atoms with E-state index in [1.165, 1.54) is 19.3 Å². The standard InChI is InChI=1S/C12H23N3/c1-3-8-15(11(2)9-13)10-12-6-4-5-7-14-12/h11-12,14H,3-8,10H2,1-2H3. The lowest BCUT2D eigenvalue weighted by molar-refractivity contribution is 0.203. The van der Waals surface area contributed by atoms with Gasteiger partial charge in [-0.2, -0.15) is 5.26 Å². The van der Waals surface area contributed by atoms with Gasteiger partial charge in [0.15, 0.2) is 0 Å². The summed E-state index contributed by atoms with van der Waals surface area (Å²) < 4.78 is 0. The first kappa shape index (κ1) is 12.5. The summed E-state index contributed by atoms with van der Waals surface area (Å²) >= 11 is 0. The molecule has 1 heterocycles. The predicted octanol–water partition coefficient (Wildman–Crippen LogP) is 1.75. The van der Waals surface area contributed by atoms with E-state index in [4.69, 9.17) is 5.26 Å². The Labute approximate surface area is 93.5 Å². The molecule has 1 aliphatic rings. The molecule has 0 radical (unpaired) electrons. The van der Waals surface area contributed by atoms with E-state index in [0.717, 1.165) is 26.1 Å². The molecule has 3 heteroatoms. The molecule has 1 saturated heterocycles. The molecule has 15 heavy (non-hydrogen) atoms. The fraction of sp³-hybridized carbons (Fsp3) is 0.917. The van der Waals surface area contributed by atoms with Crippen LogP contribution in [0.25, 0.3) is 0 Å². The summed E-state index contributed by atoms with van der Waals surface area (Å²) in [4.78, 5) is 2.29. The van der Waals surface area contributed by atoms with Crippen LogP contribution in [0.2, 0.25) is 0 Å². The summed E-state index contributed by atoms with van der Waals surface area (Å²) in [6, 6.07) is 2.99. The Morgan fingerprint density at radius 2 is 2.33 bits per heavy atom. The molecule has 1 aliphatic heterocycles. The highest BCUT2D eigenvalue weighted by Crippen LogP contribution is 2.10. The second-order valence-corrected chi connectivity index (χ2v) is 4.45. The van der Waals surface area contributed by atoms with Gasteiger partial charge in [-0.25, -0.2) is 0 Å². The van der Waals surface area contributed by atoms with Crippen molar-refractivity contribution in [3.05, 3.63) is 0 Å². The second kappa shape index (κ2) is 6.81. The smallest absolute Gasteiger partial charge is 0.0949 e. The van der Waals surface area contributed by atoms with Crippen molar-refractivity contribution in [2.75, 3.05) is 19.6 Å². The van der Waals surface area contributed by atoms with Gasteiger partial charge in [-0.05, 0) is 39.3 Å². The average Bonchev–Trinajstić information content (AvgIpc) is 2.29. The fourth-order valence-corrected chi connectivity index (χ4v) is 2.17. The normalized spacial score (nSPS) is 23.7. The summed E-state index contributed by atoms with van der Waals surface area (Å²) in [7, 11) is 0. The number of hydrogen-bond acceptors (Lipinski definition) is 3. The van der Waals surface area contributed by atoms with Crippen molar-refractivity contribution in [1.29, 1.82) is 5.26 Å². The van der Waals surface area contributed by atoms with Crippen LogP contribution in [-0.4, -0.2) is 36.6 Å². The first-order chi connectivity index (χ1) is 7.27. The molecule has 0 bridgehead atoms. The lowest BCUT2D eigenvalue weighted by Crippen LogP contribution is -2.46. The van der Waals surface area contributed by atoms with Crippen molar-refractivity contribution in [2.45, 2.75) is 51.6 Å². The van der Waals surface area contributed by atoms with Gasteiger partial charge in [-0.15, -0.1) is 0 Å². The highest BCUT2D eigenvalue weighted by atomic mass is 15.2. The highest BCUT2D eigenvalue weighted by Gasteiger charge is 2.19. The molecule has 0 saturated carbocycles. The molecule has 0 aromatic rings. The lowest BCUT2D eigenvalue weighted by Gasteiger charge is -2.31. The number of nitrogens with zero attached hydrogens (tertiary/aromatic N) is 2. The van der Waals surface area contributed by atoms with Crippen LogP contribution in [0.3, 0.4) is 0 Å². The molecule has 0 amide bonds. The molecule has 0 spiro atoms. The van der Waals surface area contributed by atoms with E-state index < -0.39 is 0 Å². The van der Waals surface area contributed by atoms with Crippen molar-refractivity contribution < 1.29 is 0 Å². The summed E-state index contributed by atoms with van der Waals surface area (Å²) in [5, 5.41) is 12.5. The van der Waals surface area contributed by atoms with Crippen molar-refractivity contribution >= 4 is 0 Å². The average molecular weight is 209 g/mol. The van der Waals surface area contributed by atoms with Crippen molar-refractivity contribution in [2.24, 2.45) is 0 Å². The minimum absolute atomic E-state index is 0.0497. The Bertz CT molecular complexity index is 203. The number of rotatable bonds is 5. The van der Waals surface area contributed by atoms with E-state index in [9.17, 15) is 0 Å². The van der Waals surface area contributed by atoms with Crippen molar-refractivity contribution in [3.63, 3.8) is 0 Å². The molecule has 0 aromatic heterocycles. The van der Waals surface area contributed by atoms with Crippen LogP contribution in [0, 0.1) is 11.3 Å². The third-order valence-corrected chi connectivity index (χ3v) is 3.11. The maximum Gasteiger partial charge on any atom is 0.0949 e. The minimum Gasteiger partial charge on any atom is -0.313 e. The van der Waals surface area contributed by atoms with Gasteiger partial charge >= 0.3 is 0 Å². The van der Waals surface area contributed by atoms with E-state index in [-0.39, 0.29) is 6.04 Å². The Kier molecular flexibility index (Phi) is 5.67. The van der Waals surface area contributed by atoms with E-state index in [2.05, 4.69) is 23.2 Å². The highest BCUT2D eigenvalue weighted by molar-refractivity contribution is 4.90. The third kappa shape index (κ3) is 4.19. The second-order valence-electron chi connectivity index (χ2n) is 4.45. The summed E-state index contributed by atoms with van der Waals surface area (Å²) in [5.41, 5.74) is 0. The van der Waals surface area contributed by atoms with Crippen LogP contribution < -0.4 is 5.32 Å². The van der Waals surface area contributed by atoms with Gasteiger partial charge in [0, 0.05) is 12.6 Å². The summed E-state index contributed by atoms with van der Waals surface area (Å²) in [6.45, 7) is 7.38. The predicted molar refractivity (Wildman–Crippen MR) is 62.6 cm³/mol. The monoisotopic (exact) mass is 209 g/mol. The Balaban J connectivity index is 2.38. The van der Waals surface area contributed by atoms with Gasteiger partial charge < -0.3 is 5.32 Å². The van der Waals surface area contributed by atoms with Crippen LogP contribution in [-0.2, 0) is 0 Å². The third-order valence-electron chi connectivity index (χ3n) is 3.11. The zero-order valence-corrected chi connectivity index (χ0v) is 10.00. The number of nitriles is 1. The van der Waals surface area contributed by atoms with Crippen LogP contribution >= 0.6 is 0 Å². The van der Waals surface area contributed by atoms with Gasteiger partial charge in [0.05, 0.1) is 12.1 Å². The van der Waals surface area contributed by atoms with Gasteiger partial charge in [-0.1, -0.05) is 13.3 Å². The minimum atomic E-state index is 0.0497. The van der Waals surface area contributed by atoms with Gasteiger partial charge in [-0.3, -0.25) is 4.90 Å². The molecule has 3 nitrogen and oxygen atoms in total. The van der Waals surface area contributed by atoms with Crippen molar-refractivity contribution in [1.82, 2.24) is 10.2 Å². The molecule has 2 unspecified atom stereocenters.